The number of benzene rings is 2. The molecule has 2 aromatic rings. The third-order valence-electron chi connectivity index (χ3n) is 4.87. The van der Waals surface area contributed by atoms with Crippen LogP contribution >= 0.6 is 34.8 Å². The summed E-state index contributed by atoms with van der Waals surface area (Å²) in [6.07, 6.45) is 0.911. The fourth-order valence-corrected chi connectivity index (χ4v) is 5.47. The molecule has 1 aliphatic heterocycles. The molecule has 0 bridgehead atoms. The number of nitrogens with zero attached hydrogens (tertiary/aromatic N) is 3. The van der Waals surface area contributed by atoms with Gasteiger partial charge in [-0.05, 0) is 42.8 Å². The van der Waals surface area contributed by atoms with E-state index in [-0.39, 0.29) is 54.0 Å². The van der Waals surface area contributed by atoms with Crippen LogP contribution in [-0.4, -0.2) is 55.6 Å². The minimum absolute atomic E-state index is 0.0444. The van der Waals surface area contributed by atoms with Gasteiger partial charge >= 0.3 is 0 Å². The zero-order chi connectivity index (χ0) is 23.3. The van der Waals surface area contributed by atoms with Crippen LogP contribution in [-0.2, 0) is 14.8 Å². The van der Waals surface area contributed by atoms with E-state index in [4.69, 9.17) is 39.5 Å². The van der Waals surface area contributed by atoms with Gasteiger partial charge in [0.15, 0.2) is 0 Å². The van der Waals surface area contributed by atoms with Crippen LogP contribution in [0.5, 0.6) is 11.5 Å². The monoisotopic (exact) mass is 515 g/mol. The van der Waals surface area contributed by atoms with E-state index in [0.717, 1.165) is 0 Å². The van der Waals surface area contributed by atoms with Crippen molar-refractivity contribution < 1.29 is 17.9 Å². The van der Waals surface area contributed by atoms with Gasteiger partial charge in [-0.1, -0.05) is 23.2 Å². The minimum Gasteiger partial charge on any atom is -0.456 e. The lowest BCUT2D eigenvalue weighted by molar-refractivity contribution is -0.132. The second kappa shape index (κ2) is 10.7. The van der Waals surface area contributed by atoms with E-state index in [0.29, 0.717) is 28.8 Å². The number of carbonyl (C=O) groups is 1. The van der Waals surface area contributed by atoms with Crippen molar-refractivity contribution in [2.45, 2.75) is 17.7 Å². The van der Waals surface area contributed by atoms with E-state index in [1.807, 2.05) is 6.07 Å². The summed E-state index contributed by atoms with van der Waals surface area (Å²) >= 11 is 17.7. The van der Waals surface area contributed by atoms with E-state index >= 15 is 0 Å². The molecule has 1 heterocycles. The highest BCUT2D eigenvalue weighted by Gasteiger charge is 2.32. The van der Waals surface area contributed by atoms with Crippen LogP contribution in [0, 0.1) is 11.3 Å². The van der Waals surface area contributed by atoms with Crippen molar-refractivity contribution in [3.8, 4) is 17.6 Å². The standard InChI is InChI=1S/C21H20Cl3N3O4S/c22-5-1-2-21(28)26-6-8-27(9-7-26)32(29,30)20-10-15(14-25)3-4-19(20)31-18-12-16(23)11-17(24)13-18/h3-4,10-13H,1-2,5-9H2. The fraction of sp³-hybridized carbons (Fsp3) is 0.333. The third-order valence-corrected chi connectivity index (χ3v) is 7.49. The Kier molecular flexibility index (Phi) is 8.26. The van der Waals surface area contributed by atoms with Gasteiger partial charge in [0.1, 0.15) is 16.4 Å². The van der Waals surface area contributed by atoms with E-state index < -0.39 is 10.0 Å². The van der Waals surface area contributed by atoms with Gasteiger partial charge in [0, 0.05) is 48.5 Å². The van der Waals surface area contributed by atoms with Gasteiger partial charge in [-0.25, -0.2) is 8.42 Å². The number of hydrogen-bond acceptors (Lipinski definition) is 5. The predicted molar refractivity (Wildman–Crippen MR) is 123 cm³/mol. The van der Waals surface area contributed by atoms with E-state index in [1.165, 1.54) is 40.7 Å². The number of piperazine rings is 1. The Balaban J connectivity index is 1.85. The number of rotatable bonds is 7. The molecule has 1 saturated heterocycles. The molecule has 0 N–H and O–H groups in total. The Morgan fingerprint density at radius 2 is 1.72 bits per heavy atom. The number of amides is 1. The first kappa shape index (κ1) is 24.6. The molecule has 1 amide bonds. The molecule has 7 nitrogen and oxygen atoms in total. The SMILES string of the molecule is N#Cc1ccc(Oc2cc(Cl)cc(Cl)c2)c(S(=O)(=O)N2CCN(C(=O)CCCCl)CC2)c1. The number of ether oxygens (including phenoxy) is 1. The van der Waals surface area contributed by atoms with Crippen molar-refractivity contribution in [1.82, 2.24) is 9.21 Å². The van der Waals surface area contributed by atoms with Crippen LogP contribution in [0.4, 0.5) is 0 Å². The summed E-state index contributed by atoms with van der Waals surface area (Å²) in [5.41, 5.74) is 0.176. The van der Waals surface area contributed by atoms with E-state index in [1.54, 1.807) is 4.90 Å². The van der Waals surface area contributed by atoms with Crippen LogP contribution in [0.1, 0.15) is 18.4 Å². The molecule has 2 aromatic carbocycles. The van der Waals surface area contributed by atoms with Crippen LogP contribution in [0.2, 0.25) is 10.0 Å². The number of nitriles is 1. The number of halogens is 3. The van der Waals surface area contributed by atoms with Crippen molar-refractivity contribution in [2.75, 3.05) is 32.1 Å². The van der Waals surface area contributed by atoms with Crippen LogP contribution in [0.15, 0.2) is 41.3 Å². The molecule has 0 spiro atoms. The van der Waals surface area contributed by atoms with Crippen LogP contribution < -0.4 is 4.74 Å². The lowest BCUT2D eigenvalue weighted by Crippen LogP contribution is -2.50. The lowest BCUT2D eigenvalue weighted by atomic mass is 10.2. The Morgan fingerprint density at radius 3 is 2.31 bits per heavy atom. The van der Waals surface area contributed by atoms with E-state index in [9.17, 15) is 18.5 Å². The quantitative estimate of drug-likeness (QED) is 0.505. The molecule has 0 unspecified atom stereocenters. The summed E-state index contributed by atoms with van der Waals surface area (Å²) in [6.45, 7) is 0.819. The Morgan fingerprint density at radius 1 is 1.06 bits per heavy atom. The van der Waals surface area contributed by atoms with Gasteiger partial charge in [0.2, 0.25) is 15.9 Å². The highest BCUT2D eigenvalue weighted by molar-refractivity contribution is 7.89. The number of sulfonamides is 1. The molecule has 0 aromatic heterocycles. The molecule has 0 radical (unpaired) electrons. The minimum atomic E-state index is -4.00. The molecule has 1 fully saturated rings. The normalized spacial score (nSPS) is 14.8. The van der Waals surface area contributed by atoms with Crippen molar-refractivity contribution in [3.63, 3.8) is 0 Å². The first-order valence-corrected chi connectivity index (χ1v) is 12.5. The summed E-state index contributed by atoms with van der Waals surface area (Å²) in [5, 5.41) is 9.94. The molecule has 0 aliphatic carbocycles. The topological polar surface area (TPSA) is 90.7 Å². The first-order chi connectivity index (χ1) is 15.2. The summed E-state index contributed by atoms with van der Waals surface area (Å²) in [6, 6.07) is 10.7. The van der Waals surface area contributed by atoms with Crippen molar-refractivity contribution in [2.24, 2.45) is 0 Å². The van der Waals surface area contributed by atoms with Gasteiger partial charge < -0.3 is 9.64 Å². The molecular weight excluding hydrogens is 497 g/mol. The molecule has 0 atom stereocenters. The van der Waals surface area contributed by atoms with Gasteiger partial charge in [-0.3, -0.25) is 4.79 Å². The maximum atomic E-state index is 13.4. The Labute approximate surface area is 202 Å². The van der Waals surface area contributed by atoms with Crippen LogP contribution in [0.3, 0.4) is 0 Å². The smallest absolute Gasteiger partial charge is 0.246 e. The molecule has 170 valence electrons. The second-order valence-electron chi connectivity index (χ2n) is 7.06. The van der Waals surface area contributed by atoms with Gasteiger partial charge in [-0.15, -0.1) is 11.6 Å². The summed E-state index contributed by atoms with van der Waals surface area (Å²) in [4.78, 5) is 13.7. The van der Waals surface area contributed by atoms with Crippen molar-refractivity contribution in [1.29, 1.82) is 5.26 Å². The molecular formula is C21H20Cl3N3O4S. The maximum absolute atomic E-state index is 13.4. The third kappa shape index (κ3) is 5.85. The Bertz CT molecular complexity index is 1120. The molecule has 3 rings (SSSR count). The first-order valence-electron chi connectivity index (χ1n) is 9.76. The highest BCUT2D eigenvalue weighted by atomic mass is 35.5. The average Bonchev–Trinajstić information content (AvgIpc) is 2.77. The fourth-order valence-electron chi connectivity index (χ4n) is 3.27. The summed E-state index contributed by atoms with van der Waals surface area (Å²) in [5.74, 6) is 0.660. The molecule has 11 heteroatoms. The summed E-state index contributed by atoms with van der Waals surface area (Å²) < 4.78 is 33.9. The molecule has 32 heavy (non-hydrogen) atoms. The average molecular weight is 517 g/mol. The number of hydrogen-bond donors (Lipinski definition) is 0. The zero-order valence-electron chi connectivity index (χ0n) is 16.9. The van der Waals surface area contributed by atoms with Gasteiger partial charge in [-0.2, -0.15) is 9.57 Å². The Hall–Kier alpha value is -2.02. The highest BCUT2D eigenvalue weighted by Crippen LogP contribution is 2.34. The van der Waals surface area contributed by atoms with Crippen molar-refractivity contribution >= 4 is 50.7 Å². The summed E-state index contributed by atoms with van der Waals surface area (Å²) in [7, 11) is -4.00. The second-order valence-corrected chi connectivity index (χ2v) is 10.2. The van der Waals surface area contributed by atoms with E-state index in [2.05, 4.69) is 0 Å². The molecule has 0 saturated carbocycles. The lowest BCUT2D eigenvalue weighted by Gasteiger charge is -2.34. The zero-order valence-corrected chi connectivity index (χ0v) is 20.0. The van der Waals surface area contributed by atoms with Gasteiger partial charge in [0.05, 0.1) is 11.6 Å². The largest absolute Gasteiger partial charge is 0.456 e. The van der Waals surface area contributed by atoms with Crippen molar-refractivity contribution in [3.05, 3.63) is 52.0 Å². The van der Waals surface area contributed by atoms with Gasteiger partial charge in [0.25, 0.3) is 0 Å². The molecule has 1 aliphatic rings. The maximum Gasteiger partial charge on any atom is 0.246 e. The number of alkyl halides is 1. The predicted octanol–water partition coefficient (Wildman–Crippen LogP) is 4.51. The van der Waals surface area contributed by atoms with Crippen LogP contribution in [0.25, 0.3) is 0 Å². The number of carbonyl (C=O) groups excluding carboxylic acids is 1.